The van der Waals surface area contributed by atoms with E-state index in [1.807, 2.05) is 0 Å². The van der Waals surface area contributed by atoms with Crippen molar-refractivity contribution in [3.8, 4) is 0 Å². The van der Waals surface area contributed by atoms with Crippen LogP contribution in [0.1, 0.15) is 18.9 Å². The highest BCUT2D eigenvalue weighted by molar-refractivity contribution is 8.13. The first-order valence-electron chi connectivity index (χ1n) is 5.17. The van der Waals surface area contributed by atoms with E-state index in [1.54, 1.807) is 12.1 Å². The molecule has 0 aliphatic rings. The van der Waals surface area contributed by atoms with Crippen LogP contribution in [0.25, 0.3) is 0 Å². The molecule has 0 bridgehead atoms. The monoisotopic (exact) mass is 275 g/mol. The zero-order chi connectivity index (χ0) is 12.9. The molecule has 6 heteroatoms. The Bertz CT molecular complexity index is 482. The molecule has 0 spiro atoms. The van der Waals surface area contributed by atoms with Gasteiger partial charge < -0.3 is 5.32 Å². The van der Waals surface area contributed by atoms with Crippen LogP contribution in [0.2, 0.25) is 0 Å². The summed E-state index contributed by atoms with van der Waals surface area (Å²) in [6.07, 6.45) is 1.59. The summed E-state index contributed by atoms with van der Waals surface area (Å²) < 4.78 is 22.0. The largest absolute Gasteiger partial charge is 0.356 e. The highest BCUT2D eigenvalue weighted by Gasteiger charge is 2.08. The van der Waals surface area contributed by atoms with Crippen molar-refractivity contribution in [1.29, 1.82) is 0 Å². The Balaban J connectivity index is 2.49. The Morgan fingerprint density at radius 3 is 2.35 bits per heavy atom. The number of nitrogens with one attached hydrogen (secondary N) is 1. The van der Waals surface area contributed by atoms with E-state index in [4.69, 9.17) is 10.7 Å². The predicted molar refractivity (Wildman–Crippen MR) is 66.5 cm³/mol. The maximum atomic E-state index is 11.0. The third kappa shape index (κ3) is 5.19. The van der Waals surface area contributed by atoms with Gasteiger partial charge in [-0.2, -0.15) is 0 Å². The molecule has 94 valence electrons. The normalized spacial score (nSPS) is 11.2. The van der Waals surface area contributed by atoms with Crippen LogP contribution in [0, 0.1) is 0 Å². The van der Waals surface area contributed by atoms with Crippen LogP contribution < -0.4 is 5.32 Å². The summed E-state index contributed by atoms with van der Waals surface area (Å²) in [4.78, 5) is 10.7. The molecular weight excluding hydrogens is 262 g/mol. The fraction of sp³-hybridized carbons (Fsp3) is 0.364. The van der Waals surface area contributed by atoms with Gasteiger partial charge in [-0.3, -0.25) is 4.79 Å². The zero-order valence-electron chi connectivity index (χ0n) is 9.44. The molecule has 0 aliphatic heterocycles. The van der Waals surface area contributed by atoms with Gasteiger partial charge in [0, 0.05) is 24.2 Å². The van der Waals surface area contributed by atoms with Gasteiger partial charge in [0.2, 0.25) is 5.91 Å². The van der Waals surface area contributed by atoms with Crippen molar-refractivity contribution >= 4 is 25.6 Å². The fourth-order valence-electron chi connectivity index (χ4n) is 1.38. The van der Waals surface area contributed by atoms with Gasteiger partial charge in [0.25, 0.3) is 9.05 Å². The van der Waals surface area contributed by atoms with E-state index >= 15 is 0 Å². The molecule has 1 rings (SSSR count). The number of hydrogen-bond donors (Lipinski definition) is 1. The number of aryl methyl sites for hydroxylation is 1. The maximum absolute atomic E-state index is 11.0. The number of halogens is 1. The molecule has 0 aliphatic carbocycles. The molecule has 0 aromatic heterocycles. The standard InChI is InChI=1S/C11H14ClNO3S/c1-9(14)13-8-2-3-10-4-6-11(7-5-10)17(12,15)16/h4-7H,2-3,8H2,1H3,(H,13,14). The average molecular weight is 276 g/mol. The second kappa shape index (κ2) is 6.02. The van der Waals surface area contributed by atoms with E-state index < -0.39 is 9.05 Å². The highest BCUT2D eigenvalue weighted by atomic mass is 35.7. The predicted octanol–water partition coefficient (Wildman–Crippen LogP) is 1.68. The average Bonchev–Trinajstić information content (AvgIpc) is 2.23. The molecule has 0 saturated heterocycles. The van der Waals surface area contributed by atoms with Gasteiger partial charge >= 0.3 is 0 Å². The quantitative estimate of drug-likeness (QED) is 0.657. The van der Waals surface area contributed by atoms with Gasteiger partial charge in [0.1, 0.15) is 0 Å². The number of rotatable bonds is 5. The minimum absolute atomic E-state index is 0.0476. The minimum atomic E-state index is -3.64. The number of benzene rings is 1. The molecular formula is C11H14ClNO3S. The van der Waals surface area contributed by atoms with Gasteiger partial charge in [-0.1, -0.05) is 12.1 Å². The lowest BCUT2D eigenvalue weighted by atomic mass is 10.1. The summed E-state index contributed by atoms with van der Waals surface area (Å²) >= 11 is 0. The summed E-state index contributed by atoms with van der Waals surface area (Å²) in [5, 5.41) is 2.70. The first-order chi connectivity index (χ1) is 7.89. The lowest BCUT2D eigenvalue weighted by Gasteiger charge is -2.03. The number of amides is 1. The van der Waals surface area contributed by atoms with Crippen LogP contribution in [0.15, 0.2) is 29.2 Å². The van der Waals surface area contributed by atoms with Crippen molar-refractivity contribution < 1.29 is 13.2 Å². The molecule has 1 N–H and O–H groups in total. The first kappa shape index (κ1) is 14.0. The highest BCUT2D eigenvalue weighted by Crippen LogP contribution is 2.15. The SMILES string of the molecule is CC(=O)NCCCc1ccc(S(=O)(=O)Cl)cc1. The minimum Gasteiger partial charge on any atom is -0.356 e. The van der Waals surface area contributed by atoms with Crippen LogP contribution in [0.3, 0.4) is 0 Å². The Hall–Kier alpha value is -1.07. The lowest BCUT2D eigenvalue weighted by molar-refractivity contribution is -0.118. The van der Waals surface area contributed by atoms with Crippen molar-refractivity contribution in [3.05, 3.63) is 29.8 Å². The second-order valence-electron chi connectivity index (χ2n) is 3.67. The van der Waals surface area contributed by atoms with Crippen molar-refractivity contribution in [2.75, 3.05) is 6.54 Å². The van der Waals surface area contributed by atoms with Gasteiger partial charge in [-0.25, -0.2) is 8.42 Å². The Morgan fingerprint density at radius 1 is 1.29 bits per heavy atom. The Morgan fingerprint density at radius 2 is 1.88 bits per heavy atom. The fourth-order valence-corrected chi connectivity index (χ4v) is 2.15. The van der Waals surface area contributed by atoms with Crippen molar-refractivity contribution in [3.63, 3.8) is 0 Å². The van der Waals surface area contributed by atoms with Gasteiger partial charge in [-0.05, 0) is 30.5 Å². The second-order valence-corrected chi connectivity index (χ2v) is 6.23. The van der Waals surface area contributed by atoms with E-state index in [0.717, 1.165) is 18.4 Å². The molecule has 0 heterocycles. The van der Waals surface area contributed by atoms with Gasteiger partial charge in [0.05, 0.1) is 4.90 Å². The van der Waals surface area contributed by atoms with Crippen LogP contribution >= 0.6 is 10.7 Å². The van der Waals surface area contributed by atoms with Crippen molar-refractivity contribution in [2.24, 2.45) is 0 Å². The molecule has 0 atom stereocenters. The third-order valence-electron chi connectivity index (χ3n) is 2.22. The molecule has 1 aromatic rings. The van der Waals surface area contributed by atoms with Crippen LogP contribution in [-0.4, -0.2) is 20.9 Å². The lowest BCUT2D eigenvalue weighted by Crippen LogP contribution is -2.21. The molecule has 17 heavy (non-hydrogen) atoms. The summed E-state index contributed by atoms with van der Waals surface area (Å²) in [7, 11) is 1.56. The molecule has 0 saturated carbocycles. The van der Waals surface area contributed by atoms with E-state index in [0.29, 0.717) is 6.54 Å². The van der Waals surface area contributed by atoms with Gasteiger partial charge in [0.15, 0.2) is 0 Å². The van der Waals surface area contributed by atoms with Crippen LogP contribution in [-0.2, 0) is 20.3 Å². The van der Waals surface area contributed by atoms with Gasteiger partial charge in [-0.15, -0.1) is 0 Å². The Kier molecular flexibility index (Phi) is 4.96. The Labute approximate surface area is 105 Å². The molecule has 0 fully saturated rings. The van der Waals surface area contributed by atoms with E-state index in [1.165, 1.54) is 19.1 Å². The molecule has 1 amide bonds. The topological polar surface area (TPSA) is 63.2 Å². The molecule has 0 radical (unpaired) electrons. The first-order valence-corrected chi connectivity index (χ1v) is 7.48. The molecule has 4 nitrogen and oxygen atoms in total. The van der Waals surface area contributed by atoms with Crippen molar-refractivity contribution in [1.82, 2.24) is 5.32 Å². The summed E-state index contributed by atoms with van der Waals surface area (Å²) in [5.41, 5.74) is 1.01. The number of carbonyl (C=O) groups is 1. The van der Waals surface area contributed by atoms with Crippen LogP contribution in [0.5, 0.6) is 0 Å². The third-order valence-corrected chi connectivity index (χ3v) is 3.59. The summed E-state index contributed by atoms with van der Waals surface area (Å²) in [6, 6.07) is 6.41. The smallest absolute Gasteiger partial charge is 0.261 e. The molecule has 1 aromatic carbocycles. The van der Waals surface area contributed by atoms with Crippen molar-refractivity contribution in [2.45, 2.75) is 24.7 Å². The van der Waals surface area contributed by atoms with E-state index in [-0.39, 0.29) is 10.8 Å². The zero-order valence-corrected chi connectivity index (χ0v) is 11.0. The van der Waals surface area contributed by atoms with E-state index in [2.05, 4.69) is 5.32 Å². The molecule has 0 unspecified atom stereocenters. The summed E-state index contributed by atoms with van der Waals surface area (Å²) in [5.74, 6) is -0.0476. The summed E-state index contributed by atoms with van der Waals surface area (Å²) in [6.45, 7) is 2.09. The number of carbonyl (C=O) groups excluding carboxylic acids is 1. The van der Waals surface area contributed by atoms with Crippen LogP contribution in [0.4, 0.5) is 0 Å². The van der Waals surface area contributed by atoms with E-state index in [9.17, 15) is 13.2 Å². The number of hydrogen-bond acceptors (Lipinski definition) is 3. The maximum Gasteiger partial charge on any atom is 0.261 e.